The van der Waals surface area contributed by atoms with Gasteiger partial charge in [0.15, 0.2) is 0 Å². The average molecular weight is 371 g/mol. The molecule has 0 aromatic heterocycles. The number of quaternary nitrogens is 2. The molecule has 0 bridgehead atoms. The number of likely N-dealkylation sites (N-methyl/N-ethyl adjacent to an activating group) is 2. The quantitative estimate of drug-likeness (QED) is 0.362. The van der Waals surface area contributed by atoms with E-state index < -0.39 is 0 Å². The molecule has 2 heterocycles. The second-order valence-corrected chi connectivity index (χ2v) is 9.34. The lowest BCUT2D eigenvalue weighted by Gasteiger charge is -2.37. The number of unbranched alkanes of at least 4 members (excludes halogenated alkanes) is 9. The Bertz CT molecular complexity index is 316. The Labute approximate surface area is 163 Å². The van der Waals surface area contributed by atoms with Crippen LogP contribution in [-0.4, -0.2) is 88.8 Å². The minimum absolute atomic E-state index is 0.961. The van der Waals surface area contributed by atoms with Crippen molar-refractivity contribution < 1.29 is 18.4 Å². The first-order valence-corrected chi connectivity index (χ1v) is 11.4. The molecule has 0 amide bonds. The Morgan fingerprint density at radius 3 is 1.04 bits per heavy atom. The third-order valence-electron chi connectivity index (χ3n) is 6.75. The van der Waals surface area contributed by atoms with E-state index in [1.54, 1.807) is 0 Å². The Kier molecular flexibility index (Phi) is 10.5. The normalized spacial score (nSPS) is 22.4. The third-order valence-corrected chi connectivity index (χ3v) is 6.75. The van der Waals surface area contributed by atoms with Crippen molar-refractivity contribution in [1.82, 2.24) is 0 Å². The van der Waals surface area contributed by atoms with Crippen LogP contribution in [0.3, 0.4) is 0 Å². The summed E-state index contributed by atoms with van der Waals surface area (Å²) in [6.45, 7) is 11.4. The predicted molar refractivity (Wildman–Crippen MR) is 109 cm³/mol. The van der Waals surface area contributed by atoms with Crippen LogP contribution < -0.4 is 0 Å². The number of hydrogen-bond donors (Lipinski definition) is 0. The van der Waals surface area contributed by atoms with Crippen molar-refractivity contribution in [2.24, 2.45) is 0 Å². The Hall–Kier alpha value is -0.160. The molecular weight excluding hydrogens is 324 g/mol. The molecule has 0 unspecified atom stereocenters. The fourth-order valence-electron chi connectivity index (χ4n) is 4.42. The van der Waals surface area contributed by atoms with Gasteiger partial charge in [-0.15, -0.1) is 0 Å². The summed E-state index contributed by atoms with van der Waals surface area (Å²) in [5.41, 5.74) is 0. The second-order valence-electron chi connectivity index (χ2n) is 9.34. The van der Waals surface area contributed by atoms with Crippen molar-refractivity contribution in [1.29, 1.82) is 0 Å². The molecule has 0 spiro atoms. The number of hydrogen-bond acceptors (Lipinski definition) is 2. The van der Waals surface area contributed by atoms with Gasteiger partial charge in [-0.2, -0.15) is 0 Å². The van der Waals surface area contributed by atoms with E-state index >= 15 is 0 Å². The van der Waals surface area contributed by atoms with Gasteiger partial charge in [-0.3, -0.25) is 0 Å². The van der Waals surface area contributed by atoms with Crippen molar-refractivity contribution in [3.05, 3.63) is 0 Å². The molecule has 0 aromatic rings. The summed E-state index contributed by atoms with van der Waals surface area (Å²) in [6, 6.07) is 0. The molecule has 0 radical (unpaired) electrons. The SMILES string of the molecule is C[N+]1(CCCCCCCCCCCC[N+]2(C)CCOCC2)CCOCC1. The summed E-state index contributed by atoms with van der Waals surface area (Å²) >= 11 is 0. The highest BCUT2D eigenvalue weighted by Crippen LogP contribution is 2.15. The van der Waals surface area contributed by atoms with Crippen LogP contribution in [0.4, 0.5) is 0 Å². The number of morpholine rings is 2. The molecule has 26 heavy (non-hydrogen) atoms. The summed E-state index contributed by atoms with van der Waals surface area (Å²) in [5, 5.41) is 0. The fourth-order valence-corrected chi connectivity index (χ4v) is 4.42. The largest absolute Gasteiger partial charge is 0.370 e. The molecule has 0 saturated carbocycles. The van der Waals surface area contributed by atoms with E-state index in [0.717, 1.165) is 26.4 Å². The second kappa shape index (κ2) is 12.3. The first-order chi connectivity index (χ1) is 12.6. The molecule has 0 atom stereocenters. The summed E-state index contributed by atoms with van der Waals surface area (Å²) in [4.78, 5) is 0. The third kappa shape index (κ3) is 9.16. The molecule has 2 rings (SSSR count). The highest BCUT2D eigenvalue weighted by atomic mass is 16.5. The zero-order valence-corrected chi connectivity index (χ0v) is 17.9. The molecule has 2 aliphatic rings. The average Bonchev–Trinajstić information content (AvgIpc) is 2.64. The summed E-state index contributed by atoms with van der Waals surface area (Å²) < 4.78 is 13.5. The first kappa shape index (κ1) is 22.1. The van der Waals surface area contributed by atoms with Gasteiger partial charge in [0.05, 0.1) is 53.6 Å². The monoisotopic (exact) mass is 370 g/mol. The van der Waals surface area contributed by atoms with E-state index in [2.05, 4.69) is 14.1 Å². The maximum Gasteiger partial charge on any atom is 0.102 e. The van der Waals surface area contributed by atoms with Gasteiger partial charge in [0.1, 0.15) is 26.2 Å². The summed E-state index contributed by atoms with van der Waals surface area (Å²) in [6.07, 6.45) is 14.3. The van der Waals surface area contributed by atoms with Gasteiger partial charge in [0.2, 0.25) is 0 Å². The van der Waals surface area contributed by atoms with Crippen LogP contribution in [-0.2, 0) is 9.47 Å². The van der Waals surface area contributed by atoms with E-state index in [9.17, 15) is 0 Å². The smallest absolute Gasteiger partial charge is 0.102 e. The molecule has 2 aliphatic heterocycles. The Morgan fingerprint density at radius 1 is 0.462 bits per heavy atom. The molecule has 4 heteroatoms. The standard InChI is InChI=1S/C22H46N2O2/c1-23(15-19-25-20-16-23)13-11-9-7-5-3-4-6-8-10-12-14-24(2)17-21-26-22-18-24/h3-22H2,1-2H3/q+2. The molecule has 0 N–H and O–H groups in total. The van der Waals surface area contributed by atoms with Gasteiger partial charge in [0, 0.05) is 0 Å². The molecule has 2 fully saturated rings. The number of nitrogens with zero attached hydrogens (tertiary/aromatic N) is 2. The molecule has 0 aliphatic carbocycles. The van der Waals surface area contributed by atoms with E-state index in [1.807, 2.05) is 0 Å². The van der Waals surface area contributed by atoms with Gasteiger partial charge >= 0.3 is 0 Å². The minimum Gasteiger partial charge on any atom is -0.370 e. The van der Waals surface area contributed by atoms with Crippen LogP contribution in [0, 0.1) is 0 Å². The minimum atomic E-state index is 0.961. The van der Waals surface area contributed by atoms with Crippen molar-refractivity contribution in [2.45, 2.75) is 64.2 Å². The zero-order valence-electron chi connectivity index (χ0n) is 17.9. The molecule has 154 valence electrons. The lowest BCUT2D eigenvalue weighted by atomic mass is 10.1. The van der Waals surface area contributed by atoms with Crippen LogP contribution in [0.5, 0.6) is 0 Å². The summed E-state index contributed by atoms with van der Waals surface area (Å²) in [7, 11) is 4.81. The van der Waals surface area contributed by atoms with E-state index in [4.69, 9.17) is 9.47 Å². The van der Waals surface area contributed by atoms with Gasteiger partial charge in [-0.25, -0.2) is 0 Å². The first-order valence-electron chi connectivity index (χ1n) is 11.4. The van der Waals surface area contributed by atoms with Crippen molar-refractivity contribution in [3.63, 3.8) is 0 Å². The summed E-state index contributed by atoms with van der Waals surface area (Å²) in [5.74, 6) is 0. The molecule has 4 nitrogen and oxygen atoms in total. The van der Waals surface area contributed by atoms with E-state index in [1.165, 1.54) is 112 Å². The van der Waals surface area contributed by atoms with Crippen LogP contribution in [0.1, 0.15) is 64.2 Å². The van der Waals surface area contributed by atoms with Crippen LogP contribution in [0.25, 0.3) is 0 Å². The Morgan fingerprint density at radius 2 is 0.731 bits per heavy atom. The van der Waals surface area contributed by atoms with Crippen molar-refractivity contribution >= 4 is 0 Å². The van der Waals surface area contributed by atoms with E-state index in [-0.39, 0.29) is 0 Å². The molecule has 2 saturated heterocycles. The van der Waals surface area contributed by atoms with Crippen molar-refractivity contribution in [3.8, 4) is 0 Å². The van der Waals surface area contributed by atoms with Gasteiger partial charge in [0.25, 0.3) is 0 Å². The van der Waals surface area contributed by atoms with Crippen molar-refractivity contribution in [2.75, 3.05) is 79.8 Å². The lowest BCUT2D eigenvalue weighted by molar-refractivity contribution is -0.917. The number of rotatable bonds is 13. The lowest BCUT2D eigenvalue weighted by Crippen LogP contribution is -2.52. The van der Waals surface area contributed by atoms with Gasteiger partial charge < -0.3 is 18.4 Å². The van der Waals surface area contributed by atoms with Crippen LogP contribution >= 0.6 is 0 Å². The maximum atomic E-state index is 5.49. The van der Waals surface area contributed by atoms with Crippen LogP contribution in [0.15, 0.2) is 0 Å². The highest BCUT2D eigenvalue weighted by molar-refractivity contribution is 4.52. The maximum absolute atomic E-state index is 5.49. The van der Waals surface area contributed by atoms with Gasteiger partial charge in [-0.1, -0.05) is 38.5 Å². The van der Waals surface area contributed by atoms with Gasteiger partial charge in [-0.05, 0) is 25.7 Å². The molecule has 0 aromatic carbocycles. The predicted octanol–water partition coefficient (Wildman–Crippen LogP) is 3.84. The Balaban J connectivity index is 1.32. The zero-order chi connectivity index (χ0) is 18.6. The molecular formula is C22H46N2O2+2. The van der Waals surface area contributed by atoms with Crippen LogP contribution in [0.2, 0.25) is 0 Å². The highest BCUT2D eigenvalue weighted by Gasteiger charge is 2.24. The number of ether oxygens (including phenoxy) is 2. The topological polar surface area (TPSA) is 18.5 Å². The fraction of sp³-hybridized carbons (Fsp3) is 1.00. The van der Waals surface area contributed by atoms with E-state index in [0.29, 0.717) is 0 Å².